The number of hydrogen-bond acceptors (Lipinski definition) is 7. The van der Waals surface area contributed by atoms with Crippen molar-refractivity contribution in [3.63, 3.8) is 0 Å². The fourth-order valence-corrected chi connectivity index (χ4v) is 5.34. The number of carbonyl (C=O) groups excluding carboxylic acids is 1. The Kier molecular flexibility index (Phi) is 6.90. The van der Waals surface area contributed by atoms with Gasteiger partial charge in [-0.2, -0.15) is 0 Å². The Labute approximate surface area is 212 Å². The maximum atomic E-state index is 11.4. The van der Waals surface area contributed by atoms with Crippen LogP contribution in [0.4, 0.5) is 5.69 Å². The van der Waals surface area contributed by atoms with Crippen molar-refractivity contribution in [1.82, 2.24) is 25.2 Å². The van der Waals surface area contributed by atoms with Crippen molar-refractivity contribution in [3.8, 4) is 17.1 Å². The van der Waals surface area contributed by atoms with Crippen LogP contribution in [-0.4, -0.2) is 58.5 Å². The normalized spacial score (nSPS) is 16.0. The molecule has 1 aliphatic rings. The Balaban J connectivity index is 1.30. The third kappa shape index (κ3) is 5.27. The number of aromatic nitrogens is 3. The lowest BCUT2D eigenvalue weighted by molar-refractivity contribution is -0.122. The molecule has 10 heteroatoms. The fourth-order valence-electron chi connectivity index (χ4n) is 4.20. The van der Waals surface area contributed by atoms with Crippen molar-refractivity contribution in [3.05, 3.63) is 57.4 Å². The number of nitrogens with one attached hydrogen (secondary N) is 3. The van der Waals surface area contributed by atoms with E-state index in [-0.39, 0.29) is 18.6 Å². The van der Waals surface area contributed by atoms with Crippen LogP contribution in [0.3, 0.4) is 0 Å². The molecule has 0 spiro atoms. The number of thiophene rings is 1. The molecule has 1 amide bonds. The first-order chi connectivity index (χ1) is 17.0. The highest BCUT2D eigenvalue weighted by Crippen LogP contribution is 2.32. The zero-order chi connectivity index (χ0) is 24.4. The molecule has 0 bridgehead atoms. The summed E-state index contributed by atoms with van der Waals surface area (Å²) in [5.41, 5.74) is 4.45. The number of H-pyrrole nitrogens is 1. The summed E-state index contributed by atoms with van der Waals surface area (Å²) in [6.07, 6.45) is 2.70. The van der Waals surface area contributed by atoms with Crippen LogP contribution < -0.4 is 15.4 Å². The van der Waals surface area contributed by atoms with Gasteiger partial charge < -0.3 is 20.4 Å². The Bertz CT molecular complexity index is 1340. The molecule has 1 aromatic carbocycles. The molecule has 1 saturated heterocycles. The molecular weight excluding hydrogens is 484 g/mol. The van der Waals surface area contributed by atoms with Gasteiger partial charge in [-0.1, -0.05) is 11.6 Å². The smallest absolute Gasteiger partial charge is 0.257 e. The van der Waals surface area contributed by atoms with Crippen LogP contribution in [0.25, 0.3) is 22.6 Å². The summed E-state index contributed by atoms with van der Waals surface area (Å²) in [4.78, 5) is 27.8. The van der Waals surface area contributed by atoms with Crippen molar-refractivity contribution in [2.24, 2.45) is 0 Å². The molecule has 1 atom stereocenters. The van der Waals surface area contributed by atoms with Crippen molar-refractivity contribution < 1.29 is 9.53 Å². The number of fused-ring (bicyclic) bond motifs is 1. The monoisotopic (exact) mass is 510 g/mol. The molecule has 0 aliphatic carbocycles. The van der Waals surface area contributed by atoms with Gasteiger partial charge in [0.2, 0.25) is 0 Å². The predicted octanol–water partition coefficient (Wildman–Crippen LogP) is 4.46. The lowest BCUT2D eigenvalue weighted by Crippen LogP contribution is -2.26. The summed E-state index contributed by atoms with van der Waals surface area (Å²) in [5, 5.41) is 8.88. The maximum absolute atomic E-state index is 11.4. The van der Waals surface area contributed by atoms with Gasteiger partial charge in [0.25, 0.3) is 5.91 Å². The number of aryl methyl sites for hydroxylation is 1. The van der Waals surface area contributed by atoms with Gasteiger partial charge in [0, 0.05) is 43.2 Å². The summed E-state index contributed by atoms with van der Waals surface area (Å²) in [6, 6.07) is 9.89. The number of carbonyl (C=O) groups is 1. The molecule has 182 valence electrons. The summed E-state index contributed by atoms with van der Waals surface area (Å²) in [7, 11) is 1.58. The molecule has 0 saturated carbocycles. The molecule has 3 N–H and O–H groups in total. The maximum Gasteiger partial charge on any atom is 0.257 e. The van der Waals surface area contributed by atoms with E-state index in [0.29, 0.717) is 22.2 Å². The van der Waals surface area contributed by atoms with Gasteiger partial charge in [-0.25, -0.2) is 9.97 Å². The highest BCUT2D eigenvalue weighted by Gasteiger charge is 2.25. The summed E-state index contributed by atoms with van der Waals surface area (Å²) >= 11 is 8.38. The molecule has 4 heterocycles. The Hall–Kier alpha value is -3.14. The number of pyridine rings is 1. The quantitative estimate of drug-likeness (QED) is 0.324. The SMILES string of the molecule is CNC(=O)COc1ccc(-c2nc3c(NC4CCN(Cc5sccc5C)C4)c(Cl)cnc3[nH]2)cc1. The number of halogens is 1. The van der Waals surface area contributed by atoms with Gasteiger partial charge in [-0.05, 0) is 54.6 Å². The topological polar surface area (TPSA) is 95.2 Å². The lowest BCUT2D eigenvalue weighted by Gasteiger charge is -2.18. The first-order valence-corrected chi connectivity index (χ1v) is 12.8. The van der Waals surface area contributed by atoms with Gasteiger partial charge in [0.1, 0.15) is 17.1 Å². The average Bonchev–Trinajstić information content (AvgIpc) is 3.60. The molecular formula is C25H27ClN6O2S. The van der Waals surface area contributed by atoms with E-state index in [1.165, 1.54) is 10.4 Å². The first-order valence-electron chi connectivity index (χ1n) is 11.5. The molecule has 4 aromatic rings. The second kappa shape index (κ2) is 10.2. The fraction of sp³-hybridized carbons (Fsp3) is 0.320. The predicted molar refractivity (Wildman–Crippen MR) is 140 cm³/mol. The second-order valence-corrected chi connectivity index (χ2v) is 10.0. The van der Waals surface area contributed by atoms with E-state index in [1.807, 2.05) is 35.6 Å². The van der Waals surface area contributed by atoms with Gasteiger partial charge in [-0.15, -0.1) is 11.3 Å². The number of rotatable bonds is 8. The van der Waals surface area contributed by atoms with Gasteiger partial charge in [0.05, 0.1) is 16.9 Å². The molecule has 1 unspecified atom stereocenters. The summed E-state index contributed by atoms with van der Waals surface area (Å²) in [5.74, 6) is 1.12. The number of nitrogens with zero attached hydrogens (tertiary/aromatic N) is 3. The standard InChI is InChI=1S/C25H27ClN6O2S/c1-15-8-10-35-20(15)13-32-9-7-17(12-32)29-22-19(26)11-28-25-23(22)30-24(31-25)16-3-5-18(6-4-16)34-14-21(33)27-2/h3-6,8,10-11,17H,7,9,12-14H2,1-2H3,(H,27,33)(H2,28,29,30,31). The Morgan fingerprint density at radius 1 is 1.31 bits per heavy atom. The number of benzene rings is 1. The van der Waals surface area contributed by atoms with E-state index in [9.17, 15) is 4.79 Å². The number of amides is 1. The van der Waals surface area contributed by atoms with Crippen LogP contribution in [0.15, 0.2) is 41.9 Å². The Morgan fingerprint density at radius 3 is 2.89 bits per heavy atom. The van der Waals surface area contributed by atoms with Crippen LogP contribution in [0.1, 0.15) is 16.9 Å². The van der Waals surface area contributed by atoms with Crippen LogP contribution in [0.2, 0.25) is 5.02 Å². The zero-order valence-electron chi connectivity index (χ0n) is 19.6. The number of imidazole rings is 1. The molecule has 1 aliphatic heterocycles. The van der Waals surface area contributed by atoms with Gasteiger partial charge in [0.15, 0.2) is 12.3 Å². The van der Waals surface area contributed by atoms with Crippen molar-refractivity contribution >= 4 is 45.7 Å². The minimum Gasteiger partial charge on any atom is -0.484 e. The van der Waals surface area contributed by atoms with Crippen LogP contribution >= 0.6 is 22.9 Å². The van der Waals surface area contributed by atoms with E-state index in [0.717, 1.165) is 42.8 Å². The van der Waals surface area contributed by atoms with Crippen LogP contribution in [0, 0.1) is 6.92 Å². The third-order valence-electron chi connectivity index (χ3n) is 6.20. The van der Waals surface area contributed by atoms with Gasteiger partial charge >= 0.3 is 0 Å². The first kappa shape index (κ1) is 23.6. The number of aromatic amines is 1. The number of hydrogen-bond donors (Lipinski definition) is 3. The lowest BCUT2D eigenvalue weighted by atomic mass is 10.2. The molecule has 8 nitrogen and oxygen atoms in total. The van der Waals surface area contributed by atoms with Crippen LogP contribution in [0.5, 0.6) is 5.75 Å². The van der Waals surface area contributed by atoms with E-state index in [4.69, 9.17) is 21.3 Å². The molecule has 0 radical (unpaired) electrons. The van der Waals surface area contributed by atoms with Crippen molar-refractivity contribution in [2.45, 2.75) is 25.9 Å². The number of likely N-dealkylation sites (N-methyl/N-ethyl adjacent to an activating group) is 1. The second-order valence-electron chi connectivity index (χ2n) is 8.64. The number of anilines is 1. The highest BCUT2D eigenvalue weighted by molar-refractivity contribution is 7.10. The largest absolute Gasteiger partial charge is 0.484 e. The third-order valence-corrected chi connectivity index (χ3v) is 7.49. The highest BCUT2D eigenvalue weighted by atomic mass is 35.5. The zero-order valence-corrected chi connectivity index (χ0v) is 21.2. The van der Waals surface area contributed by atoms with Crippen molar-refractivity contribution in [1.29, 1.82) is 0 Å². The van der Waals surface area contributed by atoms with Crippen molar-refractivity contribution in [2.75, 3.05) is 32.1 Å². The molecule has 35 heavy (non-hydrogen) atoms. The van der Waals surface area contributed by atoms with Crippen LogP contribution in [-0.2, 0) is 11.3 Å². The number of likely N-dealkylation sites (tertiary alicyclic amines) is 1. The molecule has 1 fully saturated rings. The Morgan fingerprint density at radius 2 is 2.14 bits per heavy atom. The van der Waals surface area contributed by atoms with Gasteiger partial charge in [-0.3, -0.25) is 9.69 Å². The summed E-state index contributed by atoms with van der Waals surface area (Å²) < 4.78 is 5.48. The van der Waals surface area contributed by atoms with E-state index in [2.05, 4.69) is 43.9 Å². The number of ether oxygens (including phenoxy) is 1. The summed E-state index contributed by atoms with van der Waals surface area (Å²) in [6.45, 7) is 5.12. The van der Waals surface area contributed by atoms with E-state index in [1.54, 1.807) is 13.2 Å². The minimum absolute atomic E-state index is 0.0243. The van der Waals surface area contributed by atoms with E-state index >= 15 is 0 Å². The van der Waals surface area contributed by atoms with E-state index < -0.39 is 0 Å². The average molecular weight is 511 g/mol. The minimum atomic E-state index is -0.179. The molecule has 5 rings (SSSR count). The molecule has 3 aromatic heterocycles.